The normalized spacial score (nSPS) is 11.2. The first-order valence-corrected chi connectivity index (χ1v) is 3.66. The van der Waals surface area contributed by atoms with Crippen LogP contribution in [0.2, 0.25) is 0 Å². The van der Waals surface area contributed by atoms with Gasteiger partial charge in [0.15, 0.2) is 0 Å². The van der Waals surface area contributed by atoms with Crippen molar-refractivity contribution in [2.24, 2.45) is 0 Å². The zero-order valence-corrected chi connectivity index (χ0v) is 7.51. The number of aromatic amines is 1. The molecule has 0 radical (unpaired) electrons. The second-order valence-electron chi connectivity index (χ2n) is 2.50. The number of hydrogen-bond acceptors (Lipinski definition) is 4. The molecule has 5 nitrogen and oxygen atoms in total. The van der Waals surface area contributed by atoms with Crippen LogP contribution in [0.3, 0.4) is 0 Å². The number of halogens is 3. The number of nitrogens with two attached hydrogens (primary N) is 1. The fraction of sp³-hybridized carbons (Fsp3) is 0.286. The molecule has 0 amide bonds. The van der Waals surface area contributed by atoms with E-state index in [1.807, 2.05) is 4.98 Å². The Morgan fingerprint density at radius 1 is 1.47 bits per heavy atom. The van der Waals surface area contributed by atoms with Crippen LogP contribution in [0.1, 0.15) is 0 Å². The summed E-state index contributed by atoms with van der Waals surface area (Å²) in [5, 5.41) is 0. The highest BCUT2D eigenvalue weighted by Gasteiger charge is 2.33. The number of nitrogens with one attached hydrogen (secondary N) is 1. The molecule has 0 aliphatic rings. The SMILES string of the molecule is COc1c(N)cc(=O)[nH]c1OC(F)(F)F. The Morgan fingerprint density at radius 3 is 2.53 bits per heavy atom. The summed E-state index contributed by atoms with van der Waals surface area (Å²) >= 11 is 0. The lowest BCUT2D eigenvalue weighted by atomic mass is 10.4. The van der Waals surface area contributed by atoms with Gasteiger partial charge in [0, 0.05) is 6.07 Å². The van der Waals surface area contributed by atoms with E-state index in [1.54, 1.807) is 0 Å². The van der Waals surface area contributed by atoms with E-state index < -0.39 is 17.8 Å². The molecule has 1 aromatic rings. The fourth-order valence-electron chi connectivity index (χ4n) is 0.941. The van der Waals surface area contributed by atoms with Gasteiger partial charge in [0.2, 0.25) is 11.6 Å². The first kappa shape index (κ1) is 11.2. The van der Waals surface area contributed by atoms with Gasteiger partial charge in [0.1, 0.15) is 0 Å². The van der Waals surface area contributed by atoms with Crippen LogP contribution in [0.15, 0.2) is 10.9 Å². The Kier molecular flexibility index (Phi) is 2.78. The number of ether oxygens (including phenoxy) is 2. The van der Waals surface area contributed by atoms with Crippen LogP contribution in [-0.4, -0.2) is 18.5 Å². The van der Waals surface area contributed by atoms with Crippen LogP contribution >= 0.6 is 0 Å². The lowest BCUT2D eigenvalue weighted by molar-refractivity contribution is -0.276. The van der Waals surface area contributed by atoms with Crippen molar-refractivity contribution >= 4 is 5.69 Å². The molecule has 0 fully saturated rings. The average molecular weight is 224 g/mol. The lowest BCUT2D eigenvalue weighted by Gasteiger charge is -2.12. The van der Waals surface area contributed by atoms with E-state index in [0.29, 0.717) is 0 Å². The zero-order valence-electron chi connectivity index (χ0n) is 7.51. The Hall–Kier alpha value is -1.86. The number of alkyl halides is 3. The zero-order chi connectivity index (χ0) is 11.6. The number of methoxy groups -OCH3 is 1. The fourth-order valence-corrected chi connectivity index (χ4v) is 0.941. The van der Waals surface area contributed by atoms with Crippen LogP contribution in [0.4, 0.5) is 18.9 Å². The third kappa shape index (κ3) is 2.79. The minimum absolute atomic E-state index is 0.236. The maximum Gasteiger partial charge on any atom is 0.574 e. The Morgan fingerprint density at radius 2 is 2.07 bits per heavy atom. The largest absolute Gasteiger partial charge is 0.574 e. The third-order valence-corrected chi connectivity index (χ3v) is 1.41. The van der Waals surface area contributed by atoms with Crippen molar-refractivity contribution in [1.29, 1.82) is 0 Å². The van der Waals surface area contributed by atoms with Crippen LogP contribution in [0.25, 0.3) is 0 Å². The van der Waals surface area contributed by atoms with E-state index in [9.17, 15) is 18.0 Å². The quantitative estimate of drug-likeness (QED) is 0.781. The van der Waals surface area contributed by atoms with Crippen molar-refractivity contribution in [3.63, 3.8) is 0 Å². The highest BCUT2D eigenvalue weighted by Crippen LogP contribution is 2.32. The Labute approximate surface area is 81.6 Å². The van der Waals surface area contributed by atoms with Gasteiger partial charge in [-0.1, -0.05) is 0 Å². The van der Waals surface area contributed by atoms with Gasteiger partial charge in [-0.15, -0.1) is 13.2 Å². The van der Waals surface area contributed by atoms with E-state index in [1.165, 1.54) is 0 Å². The number of pyridine rings is 1. The smallest absolute Gasteiger partial charge is 0.490 e. The van der Waals surface area contributed by atoms with Crippen molar-refractivity contribution in [3.05, 3.63) is 16.4 Å². The summed E-state index contributed by atoms with van der Waals surface area (Å²) in [6.07, 6.45) is -4.93. The molecule has 0 unspecified atom stereocenters. The van der Waals surface area contributed by atoms with Crippen molar-refractivity contribution in [2.75, 3.05) is 12.8 Å². The number of H-pyrrole nitrogens is 1. The summed E-state index contributed by atoms with van der Waals surface area (Å²) in [5.74, 6) is -1.23. The van der Waals surface area contributed by atoms with Gasteiger partial charge in [0.25, 0.3) is 5.56 Å². The summed E-state index contributed by atoms with van der Waals surface area (Å²) in [6.45, 7) is 0. The van der Waals surface area contributed by atoms with Gasteiger partial charge in [-0.3, -0.25) is 9.78 Å². The molecule has 0 saturated heterocycles. The number of rotatable bonds is 2. The standard InChI is InChI=1S/C7H7F3N2O3/c1-14-5-3(11)2-4(13)12-6(5)15-7(8,9)10/h2H,1H3,(H3,11,12,13). The first-order chi connectivity index (χ1) is 6.83. The lowest BCUT2D eigenvalue weighted by Crippen LogP contribution is -2.21. The molecule has 0 spiro atoms. The molecule has 15 heavy (non-hydrogen) atoms. The maximum absolute atomic E-state index is 11.9. The van der Waals surface area contributed by atoms with Gasteiger partial charge >= 0.3 is 6.36 Å². The summed E-state index contributed by atoms with van der Waals surface area (Å²) in [7, 11) is 1.10. The van der Waals surface area contributed by atoms with Crippen molar-refractivity contribution in [3.8, 4) is 11.6 Å². The molecule has 3 N–H and O–H groups in total. The predicted molar refractivity (Wildman–Crippen MR) is 44.7 cm³/mol. The van der Waals surface area contributed by atoms with Gasteiger partial charge in [-0.2, -0.15) is 0 Å². The Bertz CT molecular complexity index is 413. The Balaban J connectivity index is 3.21. The second-order valence-corrected chi connectivity index (χ2v) is 2.50. The minimum atomic E-state index is -4.93. The van der Waals surface area contributed by atoms with Gasteiger partial charge in [-0.25, -0.2) is 0 Å². The number of anilines is 1. The van der Waals surface area contributed by atoms with Crippen LogP contribution in [0.5, 0.6) is 11.6 Å². The monoisotopic (exact) mass is 224 g/mol. The molecule has 0 aromatic carbocycles. The van der Waals surface area contributed by atoms with Crippen LogP contribution < -0.4 is 20.8 Å². The molecule has 0 atom stereocenters. The molecule has 84 valence electrons. The van der Waals surface area contributed by atoms with E-state index in [2.05, 4.69) is 9.47 Å². The van der Waals surface area contributed by atoms with E-state index in [-0.39, 0.29) is 11.4 Å². The summed E-state index contributed by atoms with van der Waals surface area (Å²) in [6, 6.07) is 0.891. The average Bonchev–Trinajstić information content (AvgIpc) is 1.99. The first-order valence-electron chi connectivity index (χ1n) is 3.66. The van der Waals surface area contributed by atoms with Crippen molar-refractivity contribution in [1.82, 2.24) is 4.98 Å². The topological polar surface area (TPSA) is 77.3 Å². The maximum atomic E-state index is 11.9. The van der Waals surface area contributed by atoms with E-state index in [0.717, 1.165) is 13.2 Å². The number of nitrogen functional groups attached to an aromatic ring is 1. The second kappa shape index (κ2) is 3.71. The molecule has 1 rings (SSSR count). The molecule has 1 heterocycles. The molecule has 1 aromatic heterocycles. The van der Waals surface area contributed by atoms with E-state index in [4.69, 9.17) is 5.73 Å². The molecule has 0 aliphatic heterocycles. The summed E-state index contributed by atoms with van der Waals surface area (Å²) in [5.41, 5.74) is 4.21. The highest BCUT2D eigenvalue weighted by atomic mass is 19.4. The molecule has 8 heteroatoms. The molecular formula is C7H7F3N2O3. The van der Waals surface area contributed by atoms with Gasteiger partial charge < -0.3 is 15.2 Å². The van der Waals surface area contributed by atoms with Crippen molar-refractivity contribution in [2.45, 2.75) is 6.36 Å². The number of hydrogen-bond donors (Lipinski definition) is 2. The van der Waals surface area contributed by atoms with Crippen LogP contribution in [-0.2, 0) is 0 Å². The third-order valence-electron chi connectivity index (χ3n) is 1.41. The molecule has 0 aliphatic carbocycles. The molecule has 0 bridgehead atoms. The molecular weight excluding hydrogens is 217 g/mol. The van der Waals surface area contributed by atoms with E-state index >= 15 is 0 Å². The number of aromatic nitrogens is 1. The summed E-state index contributed by atoms with van der Waals surface area (Å²) in [4.78, 5) is 12.6. The predicted octanol–water partition coefficient (Wildman–Crippen LogP) is 0.864. The summed E-state index contributed by atoms with van der Waals surface area (Å²) < 4.78 is 43.7. The van der Waals surface area contributed by atoms with Gasteiger partial charge in [-0.05, 0) is 0 Å². The molecule has 0 saturated carbocycles. The minimum Gasteiger partial charge on any atom is -0.490 e. The highest BCUT2D eigenvalue weighted by molar-refractivity contribution is 5.56. The van der Waals surface area contributed by atoms with Gasteiger partial charge in [0.05, 0.1) is 12.8 Å². The van der Waals surface area contributed by atoms with Crippen LogP contribution in [0, 0.1) is 0 Å². The van der Waals surface area contributed by atoms with Crippen molar-refractivity contribution < 1.29 is 22.6 Å².